The van der Waals surface area contributed by atoms with Crippen LogP contribution in [0, 0.1) is 5.92 Å². The van der Waals surface area contributed by atoms with Crippen LogP contribution in [-0.2, 0) is 16.0 Å². The molecule has 1 aliphatic carbocycles. The molecule has 2 fully saturated rings. The molecule has 9 nitrogen and oxygen atoms in total. The normalized spacial score (nSPS) is 16.8. The molecule has 4 aromatic rings. The van der Waals surface area contributed by atoms with Gasteiger partial charge in [-0.05, 0) is 48.6 Å². The fourth-order valence-corrected chi connectivity index (χ4v) is 6.64. The summed E-state index contributed by atoms with van der Waals surface area (Å²) in [4.78, 5) is 35.7. The number of hydrogen-bond donors (Lipinski definition) is 0. The number of rotatable bonds is 12. The van der Waals surface area contributed by atoms with Crippen LogP contribution in [-0.4, -0.2) is 52.7 Å². The number of oxazole rings is 1. The molecule has 0 unspecified atom stereocenters. The van der Waals surface area contributed by atoms with Crippen LogP contribution in [0.1, 0.15) is 40.4 Å². The van der Waals surface area contributed by atoms with E-state index in [0.717, 1.165) is 12.8 Å². The van der Waals surface area contributed by atoms with E-state index in [-0.39, 0.29) is 23.8 Å². The van der Waals surface area contributed by atoms with Crippen molar-refractivity contribution < 1.29 is 42.0 Å². The standard InChI is InChI=1S/C32H27Cl2F2N3O6S/c33-23-13-37-14-24(34)22(23)12-26(20-6-7-25(45-32(35)36)27(11-20)42-16-18-4-5-18)44-31(41)30-39(8-9-46-30)29(40)21-3-1-2-19(10-21)28-15-38-17-43-28/h1-3,6-7,10-11,13-15,17-18,26,30,32H,4-5,8-9,12,16H2/p+1/t26-,30-/m0/s1. The van der Waals surface area contributed by atoms with Crippen molar-refractivity contribution in [1.82, 2.24) is 9.88 Å². The summed E-state index contributed by atoms with van der Waals surface area (Å²) in [5, 5.41) is -0.309. The Hall–Kier alpha value is -3.87. The van der Waals surface area contributed by atoms with E-state index in [9.17, 15) is 18.4 Å². The summed E-state index contributed by atoms with van der Waals surface area (Å²) in [6.45, 7) is -2.39. The van der Waals surface area contributed by atoms with E-state index in [1.165, 1.54) is 41.3 Å². The fourth-order valence-electron chi connectivity index (χ4n) is 5.01. The predicted octanol–water partition coefficient (Wildman–Crippen LogP) is 6.90. The van der Waals surface area contributed by atoms with E-state index in [2.05, 4.69) is 9.97 Å². The Morgan fingerprint density at radius 2 is 1.91 bits per heavy atom. The number of nitrogens with one attached hydrogen (secondary N) is 1. The monoisotopic (exact) mass is 690 g/mol. The maximum atomic E-state index is 13.8. The Morgan fingerprint density at radius 1 is 1.11 bits per heavy atom. The second kappa shape index (κ2) is 14.3. The smallest absolute Gasteiger partial charge is 0.387 e. The van der Waals surface area contributed by atoms with Crippen molar-refractivity contribution in [2.45, 2.75) is 37.4 Å². The first-order valence-electron chi connectivity index (χ1n) is 14.4. The fraction of sp³-hybridized carbons (Fsp3) is 0.312. The zero-order valence-corrected chi connectivity index (χ0v) is 26.5. The summed E-state index contributed by atoms with van der Waals surface area (Å²) >= 11 is 14.2. The van der Waals surface area contributed by atoms with E-state index < -0.39 is 24.1 Å². The van der Waals surface area contributed by atoms with Gasteiger partial charge in [-0.15, -0.1) is 11.8 Å². The molecule has 2 atom stereocenters. The van der Waals surface area contributed by atoms with Gasteiger partial charge in [-0.2, -0.15) is 8.78 Å². The first kappa shape index (κ1) is 32.1. The molecular formula is C32H28Cl2F2N3O6S+. The van der Waals surface area contributed by atoms with E-state index in [0.29, 0.717) is 62.9 Å². The summed E-state index contributed by atoms with van der Waals surface area (Å²) in [6, 6.07) is 11.3. The minimum Gasteiger partial charge on any atom is -0.489 e. The average molecular weight is 692 g/mol. The van der Waals surface area contributed by atoms with Gasteiger partial charge >= 0.3 is 12.6 Å². The topological polar surface area (TPSA) is 105 Å². The molecule has 1 N–H and O–H groups in total. The number of halogens is 4. The van der Waals surface area contributed by atoms with Gasteiger partial charge < -0.3 is 23.5 Å². The largest absolute Gasteiger partial charge is 0.489 e. The molecule has 240 valence electrons. The van der Waals surface area contributed by atoms with Crippen molar-refractivity contribution in [3.8, 4) is 22.8 Å². The number of thioether (sulfide) groups is 1. The molecule has 1 amide bonds. The highest BCUT2D eigenvalue weighted by Gasteiger charge is 2.38. The van der Waals surface area contributed by atoms with E-state index in [1.807, 2.05) is 0 Å². The van der Waals surface area contributed by atoms with Crippen LogP contribution in [0.2, 0.25) is 10.0 Å². The van der Waals surface area contributed by atoms with Gasteiger partial charge in [0.2, 0.25) is 0 Å². The Bertz CT molecular complexity index is 1690. The number of hydrogen-bond acceptors (Lipinski definition) is 8. The minimum absolute atomic E-state index is 0.0553. The summed E-state index contributed by atoms with van der Waals surface area (Å²) in [5.74, 6) is 0.325. The number of aromatic amines is 1. The van der Waals surface area contributed by atoms with Gasteiger partial charge in [0.05, 0.1) is 12.8 Å². The Balaban J connectivity index is 1.27. The van der Waals surface area contributed by atoms with E-state index >= 15 is 0 Å². The molecule has 6 rings (SSSR count). The molecule has 0 bridgehead atoms. The molecular weight excluding hydrogens is 663 g/mol. The van der Waals surface area contributed by atoms with Crippen LogP contribution in [0.4, 0.5) is 8.78 Å². The molecule has 1 saturated heterocycles. The third-order valence-corrected chi connectivity index (χ3v) is 9.41. The number of benzene rings is 2. The summed E-state index contributed by atoms with van der Waals surface area (Å²) in [7, 11) is 0. The van der Waals surface area contributed by atoms with Gasteiger partial charge in [0.25, 0.3) is 5.91 Å². The molecule has 14 heteroatoms. The second-order valence-electron chi connectivity index (χ2n) is 10.8. The van der Waals surface area contributed by atoms with Crippen molar-refractivity contribution in [1.29, 1.82) is 0 Å². The van der Waals surface area contributed by atoms with Crippen molar-refractivity contribution in [2.75, 3.05) is 18.9 Å². The molecule has 0 radical (unpaired) electrons. The molecule has 3 heterocycles. The molecule has 2 aliphatic rings. The summed E-state index contributed by atoms with van der Waals surface area (Å²) < 4.78 is 48.4. The highest BCUT2D eigenvalue weighted by molar-refractivity contribution is 8.00. The van der Waals surface area contributed by atoms with Crippen molar-refractivity contribution >= 4 is 46.8 Å². The minimum atomic E-state index is -3.06. The quantitative estimate of drug-likeness (QED) is 0.148. The van der Waals surface area contributed by atoms with Gasteiger partial charge in [-0.3, -0.25) is 4.79 Å². The lowest BCUT2D eigenvalue weighted by molar-refractivity contribution is -0.377. The zero-order chi connectivity index (χ0) is 32.2. The van der Waals surface area contributed by atoms with Crippen LogP contribution < -0.4 is 14.5 Å². The predicted molar refractivity (Wildman–Crippen MR) is 166 cm³/mol. The molecule has 2 aromatic carbocycles. The van der Waals surface area contributed by atoms with Gasteiger partial charge in [0.1, 0.15) is 16.1 Å². The molecule has 1 saturated carbocycles. The highest BCUT2D eigenvalue weighted by Crippen LogP contribution is 2.39. The number of ether oxygens (including phenoxy) is 3. The average Bonchev–Trinajstić information content (AvgIpc) is 3.46. The summed E-state index contributed by atoms with van der Waals surface area (Å²) in [5.41, 5.74) is 1.99. The summed E-state index contributed by atoms with van der Waals surface area (Å²) in [6.07, 6.45) is 7.02. The van der Waals surface area contributed by atoms with Gasteiger partial charge in [-0.1, -0.05) is 41.4 Å². The molecule has 0 spiro atoms. The Labute approximate surface area is 277 Å². The van der Waals surface area contributed by atoms with Gasteiger partial charge in [0, 0.05) is 35.4 Å². The number of amides is 1. The van der Waals surface area contributed by atoms with Crippen molar-refractivity contribution in [2.24, 2.45) is 5.92 Å². The Morgan fingerprint density at radius 3 is 2.63 bits per heavy atom. The number of esters is 1. The van der Waals surface area contributed by atoms with E-state index in [1.54, 1.807) is 42.9 Å². The van der Waals surface area contributed by atoms with Gasteiger partial charge in [0.15, 0.2) is 41.4 Å². The number of pyridine rings is 1. The second-order valence-corrected chi connectivity index (χ2v) is 12.8. The number of aromatic nitrogens is 2. The first-order valence-corrected chi connectivity index (χ1v) is 16.2. The third-order valence-electron chi connectivity index (χ3n) is 7.55. The van der Waals surface area contributed by atoms with E-state index in [4.69, 9.17) is 41.8 Å². The Kier molecular flexibility index (Phi) is 9.95. The number of carbonyl (C=O) groups is 2. The van der Waals surface area contributed by atoms with Crippen LogP contribution in [0.3, 0.4) is 0 Å². The van der Waals surface area contributed by atoms with Gasteiger partial charge in [-0.25, -0.2) is 14.8 Å². The van der Waals surface area contributed by atoms with Crippen LogP contribution in [0.15, 0.2) is 71.9 Å². The number of nitrogens with zero attached hydrogens (tertiary/aromatic N) is 2. The lowest BCUT2D eigenvalue weighted by atomic mass is 10.0. The maximum Gasteiger partial charge on any atom is 0.387 e. The number of alkyl halides is 2. The number of carbonyl (C=O) groups excluding carboxylic acids is 2. The molecule has 2 aromatic heterocycles. The highest BCUT2D eigenvalue weighted by atomic mass is 35.5. The lowest BCUT2D eigenvalue weighted by Crippen LogP contribution is -2.40. The lowest BCUT2D eigenvalue weighted by Gasteiger charge is -2.26. The van der Waals surface area contributed by atoms with Crippen LogP contribution in [0.5, 0.6) is 11.5 Å². The van der Waals surface area contributed by atoms with Crippen molar-refractivity contribution in [3.63, 3.8) is 0 Å². The number of H-pyrrole nitrogens is 1. The SMILES string of the molecule is O=C(O[C@@H](Cc1c(Cl)c[nH+]cc1Cl)c1ccc(OC(F)F)c(OCC2CC2)c1)[C@@H]1SCCN1C(=O)c1cccc(-c2cnco2)c1. The van der Waals surface area contributed by atoms with Crippen LogP contribution >= 0.6 is 35.0 Å². The van der Waals surface area contributed by atoms with Crippen molar-refractivity contribution in [3.05, 3.63) is 94.2 Å². The first-order chi connectivity index (χ1) is 22.3. The zero-order valence-electron chi connectivity index (χ0n) is 24.2. The maximum absolute atomic E-state index is 13.8. The third kappa shape index (κ3) is 7.56. The molecule has 1 aliphatic heterocycles. The van der Waals surface area contributed by atoms with Crippen LogP contribution in [0.25, 0.3) is 11.3 Å². The molecule has 46 heavy (non-hydrogen) atoms.